The Labute approximate surface area is 432 Å². The first kappa shape index (κ1) is 65.3. The first-order valence-electron chi connectivity index (χ1n) is 30.1. The summed E-state index contributed by atoms with van der Waals surface area (Å²) >= 11 is 0. The van der Waals surface area contributed by atoms with Crippen molar-refractivity contribution in [1.82, 2.24) is 14.5 Å². The topological polar surface area (TPSA) is 100.0 Å². The van der Waals surface area contributed by atoms with Gasteiger partial charge in [0.25, 0.3) is 0 Å². The third kappa shape index (κ3) is 44.1. The number of hydrogen-bond donors (Lipinski definition) is 0. The number of ketones is 1. The summed E-state index contributed by atoms with van der Waals surface area (Å²) in [7, 11) is 0. The minimum Gasteiger partial charge on any atom is -0.501 e. The second-order valence-corrected chi connectivity index (χ2v) is 21.3. The SMILES string of the molecule is CC(=O)CCCCCN1CCC(OC(=O)CCn2ccnc2)C1.CCCCCCCCC(CCCCCCCC)OC(=O)CCCCCCCOC=C1CC1.CCCCCCCCCCCC(C)CC. The van der Waals surface area contributed by atoms with Crippen LogP contribution in [0.25, 0.3) is 0 Å². The lowest BCUT2D eigenvalue weighted by molar-refractivity contribution is -0.150. The van der Waals surface area contributed by atoms with Gasteiger partial charge in [-0.05, 0) is 95.6 Å². The van der Waals surface area contributed by atoms with Crippen LogP contribution in [0.4, 0.5) is 0 Å². The molecule has 2 aliphatic rings. The fraction of sp³-hybridized carbons (Fsp3) is 0.869. The number of esters is 2. The molecule has 2 heterocycles. The number of ether oxygens (including phenoxy) is 3. The Morgan fingerprint density at radius 1 is 0.629 bits per heavy atom. The maximum absolute atomic E-state index is 12.4. The van der Waals surface area contributed by atoms with E-state index in [0.29, 0.717) is 25.8 Å². The number of allylic oxidation sites excluding steroid dienone is 1. The molecule has 0 N–H and O–H groups in total. The number of carbonyl (C=O) groups excluding carboxylic acids is 3. The molecular formula is C61H113N3O6. The number of rotatable bonds is 45. The summed E-state index contributed by atoms with van der Waals surface area (Å²) in [5.74, 6) is 1.13. The predicted molar refractivity (Wildman–Crippen MR) is 295 cm³/mol. The number of aryl methyl sites for hydroxylation is 1. The summed E-state index contributed by atoms with van der Waals surface area (Å²) < 4.78 is 18.9. The molecule has 0 amide bonds. The third-order valence-electron chi connectivity index (χ3n) is 14.2. The zero-order valence-electron chi connectivity index (χ0n) is 46.9. The molecule has 0 radical (unpaired) electrons. The zero-order valence-corrected chi connectivity index (χ0v) is 46.9. The van der Waals surface area contributed by atoms with E-state index in [1.807, 2.05) is 17.0 Å². The molecule has 0 bridgehead atoms. The molecule has 0 spiro atoms. The Morgan fingerprint density at radius 2 is 1.16 bits per heavy atom. The van der Waals surface area contributed by atoms with Crippen molar-refractivity contribution in [3.05, 3.63) is 30.6 Å². The smallest absolute Gasteiger partial charge is 0.307 e. The molecule has 1 aromatic heterocycles. The standard InChI is InChI=1S/C29H54O3.C17H27N3O3.C15H32/c1-3-5-7-9-12-16-20-28(21-17-13-10-8-6-4-2)32-29(30)22-18-14-11-15-19-25-31-26-27-23-24-27;1-15(21)5-3-2-4-9-19-10-6-16(13-19)23-17(22)7-11-20-12-8-18-14-20;1-4-6-7-8-9-10-11-12-13-14-15(3)5-2/h26,28H,3-25H2,1-2H3;8,12,14,16H,2-7,9-11,13H2,1H3;15H,4-14H2,1-3H3. The second kappa shape index (κ2) is 48.6. The molecule has 2 unspecified atom stereocenters. The quantitative estimate of drug-likeness (QED) is 0.0362. The van der Waals surface area contributed by atoms with Crippen molar-refractivity contribution >= 4 is 17.7 Å². The van der Waals surface area contributed by atoms with Crippen LogP contribution in [-0.2, 0) is 35.1 Å². The number of Topliss-reactive ketones (excluding diaryl/α,β-unsaturated/α-hetero) is 1. The fourth-order valence-electron chi connectivity index (χ4n) is 9.04. The number of aromatic nitrogens is 2. The number of unbranched alkanes of at least 4 members (excludes halogenated alkanes) is 24. The average Bonchev–Trinajstić information content (AvgIpc) is 3.82. The van der Waals surface area contributed by atoms with Gasteiger partial charge in [0.1, 0.15) is 18.0 Å². The van der Waals surface area contributed by atoms with Crippen molar-refractivity contribution < 1.29 is 28.6 Å². The van der Waals surface area contributed by atoms with Gasteiger partial charge >= 0.3 is 11.9 Å². The second-order valence-electron chi connectivity index (χ2n) is 21.3. The van der Waals surface area contributed by atoms with E-state index >= 15 is 0 Å². The van der Waals surface area contributed by atoms with E-state index in [1.165, 1.54) is 179 Å². The molecule has 9 heteroatoms. The van der Waals surface area contributed by atoms with Gasteiger partial charge in [0.2, 0.25) is 0 Å². The summed E-state index contributed by atoms with van der Waals surface area (Å²) in [4.78, 5) is 41.4. The Bertz CT molecular complexity index is 1330. The van der Waals surface area contributed by atoms with Crippen molar-refractivity contribution in [2.45, 2.75) is 311 Å². The number of imidazole rings is 1. The van der Waals surface area contributed by atoms with Gasteiger partial charge in [-0.3, -0.25) is 14.5 Å². The summed E-state index contributed by atoms with van der Waals surface area (Å²) in [6, 6.07) is 0. The molecule has 1 aliphatic heterocycles. The highest BCUT2D eigenvalue weighted by molar-refractivity contribution is 5.75. The molecule has 408 valence electrons. The van der Waals surface area contributed by atoms with Gasteiger partial charge in [-0.15, -0.1) is 0 Å². The highest BCUT2D eigenvalue weighted by atomic mass is 16.5. The van der Waals surface area contributed by atoms with Crippen LogP contribution in [-0.4, -0.2) is 70.6 Å². The average molecular weight is 985 g/mol. The molecule has 2 atom stereocenters. The Balaban J connectivity index is 0.000000563. The van der Waals surface area contributed by atoms with Crippen LogP contribution < -0.4 is 0 Å². The summed E-state index contributed by atoms with van der Waals surface area (Å²) in [6.07, 6.45) is 54.8. The van der Waals surface area contributed by atoms with Gasteiger partial charge in [-0.25, -0.2) is 4.98 Å². The molecule has 0 aromatic carbocycles. The third-order valence-corrected chi connectivity index (χ3v) is 14.2. The summed E-state index contributed by atoms with van der Waals surface area (Å²) in [5, 5.41) is 0. The van der Waals surface area contributed by atoms with E-state index < -0.39 is 0 Å². The monoisotopic (exact) mass is 984 g/mol. The predicted octanol–water partition coefficient (Wildman–Crippen LogP) is 17.4. The van der Waals surface area contributed by atoms with Crippen LogP contribution in [0.5, 0.6) is 0 Å². The number of nitrogens with zero attached hydrogens (tertiary/aromatic N) is 3. The van der Waals surface area contributed by atoms with Crippen molar-refractivity contribution in [2.24, 2.45) is 5.92 Å². The molecule has 1 saturated heterocycles. The van der Waals surface area contributed by atoms with Crippen molar-refractivity contribution in [3.8, 4) is 0 Å². The number of hydrogen-bond acceptors (Lipinski definition) is 8. The molecular weight excluding hydrogens is 871 g/mol. The van der Waals surface area contributed by atoms with Crippen LogP contribution in [0.1, 0.15) is 292 Å². The molecule has 70 heavy (non-hydrogen) atoms. The summed E-state index contributed by atoms with van der Waals surface area (Å²) in [5.41, 5.74) is 1.45. The van der Waals surface area contributed by atoms with E-state index in [0.717, 1.165) is 89.9 Å². The highest BCUT2D eigenvalue weighted by Crippen LogP contribution is 2.27. The number of carbonyl (C=O) groups is 3. The van der Waals surface area contributed by atoms with Gasteiger partial charge in [-0.2, -0.15) is 0 Å². The van der Waals surface area contributed by atoms with Gasteiger partial charge in [0.05, 0.1) is 25.6 Å². The summed E-state index contributed by atoms with van der Waals surface area (Å²) in [6.45, 7) is 17.5. The Morgan fingerprint density at radius 3 is 1.70 bits per heavy atom. The molecule has 2 fully saturated rings. The van der Waals surface area contributed by atoms with Crippen LogP contribution in [0, 0.1) is 5.92 Å². The lowest BCUT2D eigenvalue weighted by Crippen LogP contribution is -2.26. The lowest BCUT2D eigenvalue weighted by Gasteiger charge is -2.18. The fourth-order valence-corrected chi connectivity index (χ4v) is 9.04. The van der Waals surface area contributed by atoms with Crippen LogP contribution >= 0.6 is 0 Å². The maximum atomic E-state index is 12.4. The van der Waals surface area contributed by atoms with Gasteiger partial charge in [0, 0.05) is 44.9 Å². The molecule has 3 rings (SSSR count). The van der Waals surface area contributed by atoms with Gasteiger partial charge in [-0.1, -0.05) is 195 Å². The molecule has 1 saturated carbocycles. The van der Waals surface area contributed by atoms with E-state index in [-0.39, 0.29) is 29.9 Å². The van der Waals surface area contributed by atoms with E-state index in [9.17, 15) is 14.4 Å². The van der Waals surface area contributed by atoms with Crippen molar-refractivity contribution in [2.75, 3.05) is 26.2 Å². The first-order valence-corrected chi connectivity index (χ1v) is 30.1. The van der Waals surface area contributed by atoms with Crippen LogP contribution in [0.2, 0.25) is 0 Å². The van der Waals surface area contributed by atoms with Crippen LogP contribution in [0.15, 0.2) is 30.6 Å². The molecule has 1 aromatic rings. The highest BCUT2D eigenvalue weighted by Gasteiger charge is 2.25. The van der Waals surface area contributed by atoms with Crippen LogP contribution in [0.3, 0.4) is 0 Å². The van der Waals surface area contributed by atoms with E-state index in [1.54, 1.807) is 19.4 Å². The minimum atomic E-state index is -0.132. The minimum absolute atomic E-state index is 0.0301. The first-order chi connectivity index (χ1) is 34.2. The zero-order chi connectivity index (χ0) is 51.0. The lowest BCUT2D eigenvalue weighted by atomic mass is 9.99. The Kier molecular flexibility index (Phi) is 45.3. The van der Waals surface area contributed by atoms with Crippen molar-refractivity contribution in [1.29, 1.82) is 0 Å². The maximum Gasteiger partial charge on any atom is 0.307 e. The van der Waals surface area contributed by atoms with E-state index in [2.05, 4.69) is 44.5 Å². The normalized spacial score (nSPS) is 14.7. The molecule has 9 nitrogen and oxygen atoms in total. The largest absolute Gasteiger partial charge is 0.501 e. The Hall–Kier alpha value is -2.68. The molecule has 1 aliphatic carbocycles. The van der Waals surface area contributed by atoms with Crippen molar-refractivity contribution in [3.63, 3.8) is 0 Å². The van der Waals surface area contributed by atoms with E-state index in [4.69, 9.17) is 14.2 Å². The van der Waals surface area contributed by atoms with Gasteiger partial charge < -0.3 is 23.6 Å². The van der Waals surface area contributed by atoms with Gasteiger partial charge in [0.15, 0.2) is 0 Å². The number of likely N-dealkylation sites (tertiary alicyclic amines) is 1.